The normalized spacial score (nSPS) is 24.0. The van der Waals surface area contributed by atoms with Crippen molar-refractivity contribution in [2.75, 3.05) is 38.1 Å². The smallest absolute Gasteiger partial charge is 0.415 e. The zero-order valence-electron chi connectivity index (χ0n) is 19.3. The molecule has 3 aromatic rings. The van der Waals surface area contributed by atoms with Crippen molar-refractivity contribution in [1.29, 1.82) is 0 Å². The van der Waals surface area contributed by atoms with Gasteiger partial charge in [0.05, 0.1) is 25.9 Å². The van der Waals surface area contributed by atoms with Crippen molar-refractivity contribution in [2.45, 2.75) is 38.2 Å². The largest absolute Gasteiger partial charge is 0.469 e. The Balaban J connectivity index is 1.19. The maximum absolute atomic E-state index is 13.1. The molecule has 0 N–H and O–H groups in total. The first-order chi connectivity index (χ1) is 16.1. The van der Waals surface area contributed by atoms with Gasteiger partial charge in [0, 0.05) is 38.6 Å². The van der Waals surface area contributed by atoms with Crippen molar-refractivity contribution in [3.63, 3.8) is 0 Å². The Hall–Kier alpha value is -2.57. The Morgan fingerprint density at radius 3 is 2.73 bits per heavy atom. The van der Waals surface area contributed by atoms with Gasteiger partial charge in [-0.05, 0) is 41.1 Å². The van der Waals surface area contributed by atoms with Crippen LogP contribution in [0, 0.1) is 5.92 Å². The van der Waals surface area contributed by atoms with Crippen LogP contribution < -0.4 is 4.90 Å². The van der Waals surface area contributed by atoms with E-state index in [9.17, 15) is 4.79 Å². The molecule has 6 rings (SSSR count). The van der Waals surface area contributed by atoms with E-state index < -0.39 is 0 Å². The molecule has 174 valence electrons. The number of ether oxygens (including phenoxy) is 1. The van der Waals surface area contributed by atoms with E-state index >= 15 is 0 Å². The Labute approximate surface area is 200 Å². The summed E-state index contributed by atoms with van der Waals surface area (Å²) in [5, 5.41) is 2.96. The number of piperidine rings is 3. The molecule has 3 saturated heterocycles. The van der Waals surface area contributed by atoms with Crippen molar-refractivity contribution in [3.8, 4) is 0 Å². The maximum Gasteiger partial charge on any atom is 0.415 e. The number of thiophene rings is 1. The molecular formula is C27H33N2O3S+. The average Bonchev–Trinajstić information content (AvgIpc) is 3.52. The molecule has 33 heavy (non-hydrogen) atoms. The summed E-state index contributed by atoms with van der Waals surface area (Å²) in [6.07, 6.45) is 6.77. The van der Waals surface area contributed by atoms with Crippen LogP contribution in [0.15, 0.2) is 64.6 Å². The van der Waals surface area contributed by atoms with Crippen molar-refractivity contribution < 1.29 is 18.4 Å². The molecule has 1 amide bonds. The monoisotopic (exact) mass is 465 g/mol. The van der Waals surface area contributed by atoms with Crippen LogP contribution >= 0.6 is 11.3 Å². The second kappa shape index (κ2) is 9.74. The van der Waals surface area contributed by atoms with Gasteiger partial charge >= 0.3 is 6.09 Å². The van der Waals surface area contributed by atoms with Gasteiger partial charge in [-0.2, -0.15) is 0 Å². The molecule has 0 radical (unpaired) electrons. The summed E-state index contributed by atoms with van der Waals surface area (Å²) in [5.41, 5.74) is 2.50. The highest BCUT2D eigenvalue weighted by molar-refractivity contribution is 7.14. The number of hydrogen-bond acceptors (Lipinski definition) is 4. The number of aryl methyl sites for hydroxylation is 1. The number of nitrogens with zero attached hydrogens (tertiary/aromatic N) is 2. The Morgan fingerprint density at radius 2 is 1.97 bits per heavy atom. The average molecular weight is 466 g/mol. The molecule has 6 heteroatoms. The molecule has 0 unspecified atom stereocenters. The highest BCUT2D eigenvalue weighted by Gasteiger charge is 2.47. The van der Waals surface area contributed by atoms with Gasteiger partial charge in [-0.25, -0.2) is 4.79 Å². The van der Waals surface area contributed by atoms with E-state index in [0.717, 1.165) is 46.6 Å². The minimum absolute atomic E-state index is 0.0210. The summed E-state index contributed by atoms with van der Waals surface area (Å²) in [6, 6.07) is 16.7. The summed E-state index contributed by atoms with van der Waals surface area (Å²) in [5.74, 6) is 1.40. The van der Waals surface area contributed by atoms with E-state index in [1.54, 1.807) is 22.5 Å². The number of amides is 1. The van der Waals surface area contributed by atoms with Crippen LogP contribution in [0.5, 0.6) is 0 Å². The van der Waals surface area contributed by atoms with E-state index in [2.05, 4.69) is 36.4 Å². The topological polar surface area (TPSA) is 42.7 Å². The van der Waals surface area contributed by atoms with Gasteiger partial charge in [-0.3, -0.25) is 4.90 Å². The van der Waals surface area contributed by atoms with E-state index in [0.29, 0.717) is 12.3 Å². The lowest BCUT2D eigenvalue weighted by Gasteiger charge is -2.52. The van der Waals surface area contributed by atoms with Gasteiger partial charge < -0.3 is 13.6 Å². The lowest BCUT2D eigenvalue weighted by atomic mass is 9.83. The molecule has 2 aromatic heterocycles. The summed E-state index contributed by atoms with van der Waals surface area (Å²) in [6.45, 7) is 4.58. The van der Waals surface area contributed by atoms with E-state index in [1.807, 2.05) is 24.6 Å². The zero-order chi connectivity index (χ0) is 22.7. The predicted octanol–water partition coefficient (Wildman–Crippen LogP) is 5.75. The quantitative estimate of drug-likeness (QED) is 0.398. The summed E-state index contributed by atoms with van der Waals surface area (Å²) in [4.78, 5) is 14.8. The summed E-state index contributed by atoms with van der Waals surface area (Å²) < 4.78 is 12.7. The Morgan fingerprint density at radius 1 is 1.15 bits per heavy atom. The van der Waals surface area contributed by atoms with Gasteiger partial charge in [-0.15, -0.1) is 11.3 Å². The van der Waals surface area contributed by atoms with Crippen LogP contribution in [-0.2, 0) is 17.6 Å². The fourth-order valence-corrected chi connectivity index (χ4v) is 6.47. The summed E-state index contributed by atoms with van der Waals surface area (Å²) >= 11 is 1.57. The lowest BCUT2D eigenvalue weighted by molar-refractivity contribution is -0.946. The maximum atomic E-state index is 13.1. The SMILES string of the molecule is CN(C(=O)O[C@H]1C[N+]2(CCCc3ccccc3)CCC1CC2)c1sccc1Cc1ccco1. The van der Waals surface area contributed by atoms with E-state index in [-0.39, 0.29) is 12.2 Å². The first-order valence-electron chi connectivity index (χ1n) is 12.0. The Kier molecular flexibility index (Phi) is 6.56. The van der Waals surface area contributed by atoms with Crippen LogP contribution in [0.4, 0.5) is 9.80 Å². The third-order valence-corrected chi connectivity index (χ3v) is 8.51. The first-order valence-corrected chi connectivity index (χ1v) is 12.9. The first kappa shape index (κ1) is 22.2. The number of rotatable bonds is 8. The molecule has 3 aliphatic rings. The molecule has 1 atom stereocenters. The second-order valence-corrected chi connectivity index (χ2v) is 10.5. The number of furan rings is 1. The third-order valence-electron chi connectivity index (χ3n) is 7.48. The van der Waals surface area contributed by atoms with Crippen LogP contribution in [0.1, 0.15) is 36.1 Å². The van der Waals surface area contributed by atoms with Crippen LogP contribution in [0.25, 0.3) is 0 Å². The van der Waals surface area contributed by atoms with Crippen molar-refractivity contribution >= 4 is 22.4 Å². The van der Waals surface area contributed by atoms with Crippen LogP contribution in [0.2, 0.25) is 0 Å². The predicted molar refractivity (Wildman–Crippen MR) is 132 cm³/mol. The minimum Gasteiger partial charge on any atom is -0.469 e. The van der Waals surface area contributed by atoms with Crippen LogP contribution in [-0.4, -0.2) is 49.9 Å². The number of anilines is 1. The molecule has 0 saturated carbocycles. The van der Waals surface area contributed by atoms with E-state index in [4.69, 9.17) is 9.15 Å². The molecule has 5 nitrogen and oxygen atoms in total. The van der Waals surface area contributed by atoms with Crippen LogP contribution in [0.3, 0.4) is 0 Å². The molecule has 0 spiro atoms. The van der Waals surface area contributed by atoms with Crippen molar-refractivity contribution in [3.05, 3.63) is 77.1 Å². The zero-order valence-corrected chi connectivity index (χ0v) is 20.1. The van der Waals surface area contributed by atoms with E-state index in [1.165, 1.54) is 31.6 Å². The minimum atomic E-state index is -0.237. The fourth-order valence-electron chi connectivity index (χ4n) is 5.58. The number of benzene rings is 1. The summed E-state index contributed by atoms with van der Waals surface area (Å²) in [7, 11) is 1.82. The third kappa shape index (κ3) is 5.02. The number of carbonyl (C=O) groups excluding carboxylic acids is 1. The number of quaternary nitrogens is 1. The number of hydrogen-bond donors (Lipinski definition) is 0. The molecule has 1 aromatic carbocycles. The molecule has 0 aliphatic carbocycles. The number of carbonyl (C=O) groups is 1. The van der Waals surface area contributed by atoms with Gasteiger partial charge in [0.25, 0.3) is 0 Å². The lowest BCUT2D eigenvalue weighted by Crippen LogP contribution is -2.65. The van der Waals surface area contributed by atoms with Gasteiger partial charge in [0.1, 0.15) is 17.3 Å². The van der Waals surface area contributed by atoms with Crippen molar-refractivity contribution in [2.24, 2.45) is 5.92 Å². The fraction of sp³-hybridized carbons (Fsp3) is 0.444. The number of fused-ring (bicyclic) bond motifs is 3. The highest BCUT2D eigenvalue weighted by Crippen LogP contribution is 2.37. The van der Waals surface area contributed by atoms with Crippen molar-refractivity contribution in [1.82, 2.24) is 0 Å². The second-order valence-electron chi connectivity index (χ2n) is 9.61. The Bertz CT molecular complexity index is 1040. The molecular weight excluding hydrogens is 432 g/mol. The molecule has 5 heterocycles. The van der Waals surface area contributed by atoms with Gasteiger partial charge in [-0.1, -0.05) is 30.3 Å². The van der Waals surface area contributed by atoms with Gasteiger partial charge in [0.15, 0.2) is 6.10 Å². The standard InChI is InChI=1S/C27H33N2O3S/c1-28(26-23(13-18-33-26)19-24-10-6-17-31-24)27(30)32-25-20-29(15-11-22(25)12-16-29)14-5-9-21-7-3-2-4-8-21/h2-4,6-8,10,13,17-18,22,25H,5,9,11-12,14-16,19-20H2,1H3/q+1/t22?,25-,29?/m0/s1. The molecule has 3 fully saturated rings. The molecule has 3 aliphatic heterocycles. The highest BCUT2D eigenvalue weighted by atomic mass is 32.1. The van der Waals surface area contributed by atoms with Gasteiger partial charge in [0.2, 0.25) is 0 Å². The molecule has 2 bridgehead atoms.